The van der Waals surface area contributed by atoms with Crippen LogP contribution < -0.4 is 9.47 Å². The van der Waals surface area contributed by atoms with E-state index in [0.29, 0.717) is 23.3 Å². The molecule has 5 fully saturated rings. The van der Waals surface area contributed by atoms with Crippen molar-refractivity contribution in [2.24, 2.45) is 23.7 Å². The van der Waals surface area contributed by atoms with E-state index in [2.05, 4.69) is 13.8 Å². The second kappa shape index (κ2) is 7.87. The molecule has 4 heterocycles. The molecule has 32 heavy (non-hydrogen) atoms. The van der Waals surface area contributed by atoms with E-state index in [1.165, 1.54) is 6.92 Å². The predicted molar refractivity (Wildman–Crippen MR) is 112 cm³/mol. The van der Waals surface area contributed by atoms with E-state index in [0.717, 1.165) is 25.7 Å². The minimum Gasteiger partial charge on any atom is -0.479 e. The Balaban J connectivity index is 1.40. The molecule has 176 valence electrons. The van der Waals surface area contributed by atoms with Crippen molar-refractivity contribution in [3.05, 3.63) is 24.3 Å². The Bertz CT molecular complexity index is 875. The van der Waals surface area contributed by atoms with Crippen molar-refractivity contribution in [2.75, 3.05) is 0 Å². The summed E-state index contributed by atoms with van der Waals surface area (Å²) in [4.78, 5) is 23.1. The van der Waals surface area contributed by atoms with Crippen molar-refractivity contribution in [2.45, 2.75) is 83.5 Å². The summed E-state index contributed by atoms with van der Waals surface area (Å²) < 4.78 is 24.5. The molecule has 1 aliphatic carbocycles. The fraction of sp³-hybridized carbons (Fsp3) is 0.708. The maximum Gasteiger partial charge on any atom is 0.344 e. The van der Waals surface area contributed by atoms with Gasteiger partial charge in [0.1, 0.15) is 11.5 Å². The predicted octanol–water partition coefficient (Wildman–Crippen LogP) is 4.13. The van der Waals surface area contributed by atoms with Crippen molar-refractivity contribution in [3.63, 3.8) is 0 Å². The molecule has 0 radical (unpaired) electrons. The third-order valence-electron chi connectivity index (χ3n) is 7.82. The highest BCUT2D eigenvalue weighted by Gasteiger charge is 2.69. The van der Waals surface area contributed by atoms with Crippen LogP contribution in [0, 0.1) is 23.7 Å². The molecule has 1 saturated carbocycles. The molecule has 4 aliphatic heterocycles. The summed E-state index contributed by atoms with van der Waals surface area (Å²) in [6.07, 6.45) is 1.78. The lowest BCUT2D eigenvalue weighted by molar-refractivity contribution is -0.575. The van der Waals surface area contributed by atoms with Crippen LogP contribution in [0.2, 0.25) is 0 Å². The number of carbonyl (C=O) groups is 1. The number of benzene rings is 1. The Kier molecular flexibility index (Phi) is 5.40. The Hall–Kier alpha value is -1.87. The lowest BCUT2D eigenvalue weighted by Crippen LogP contribution is -2.70. The fourth-order valence-corrected chi connectivity index (χ4v) is 6.02. The minimum absolute atomic E-state index is 0.0402. The lowest BCUT2D eigenvalue weighted by Gasteiger charge is -2.60. The molecule has 1 aromatic rings. The standard InChI is InChI=1S/C24H32O8/c1-13-8-9-19-14(2)21(28-17-7-5-6-16(12-17)27-15(3)20(25)26)29-22-24(19)18(13)10-11-23(4,30-22)31-32-24/h5-7,12-15,18-19,21-22H,8-11H2,1-4H3,(H,25,26)/t13-,14-,15?,18+,19+,21-,22-,23-,24-/m1/s1. The zero-order chi connectivity index (χ0) is 22.7. The second-order valence-corrected chi connectivity index (χ2v) is 9.96. The van der Waals surface area contributed by atoms with Crippen molar-refractivity contribution in [3.8, 4) is 11.5 Å². The molecule has 4 saturated heterocycles. The number of carboxylic acids is 1. The van der Waals surface area contributed by atoms with Crippen molar-refractivity contribution in [1.82, 2.24) is 0 Å². The van der Waals surface area contributed by atoms with E-state index in [4.69, 9.17) is 33.8 Å². The summed E-state index contributed by atoms with van der Waals surface area (Å²) in [5.74, 6) is 0.133. The topological polar surface area (TPSA) is 92.7 Å². The van der Waals surface area contributed by atoms with E-state index in [1.807, 2.05) is 13.0 Å². The van der Waals surface area contributed by atoms with E-state index in [1.54, 1.807) is 18.2 Å². The second-order valence-electron chi connectivity index (χ2n) is 9.96. The van der Waals surface area contributed by atoms with Crippen LogP contribution in [0.25, 0.3) is 0 Å². The Labute approximate surface area is 188 Å². The first kappa shape index (κ1) is 21.9. The zero-order valence-corrected chi connectivity index (χ0v) is 19.0. The van der Waals surface area contributed by atoms with Crippen LogP contribution in [0.3, 0.4) is 0 Å². The van der Waals surface area contributed by atoms with Gasteiger partial charge in [0.2, 0.25) is 12.1 Å². The Morgan fingerprint density at radius 1 is 1.16 bits per heavy atom. The molecule has 1 N–H and O–H groups in total. The van der Waals surface area contributed by atoms with Crippen LogP contribution in [0.1, 0.15) is 53.4 Å². The molecule has 0 amide bonds. The average Bonchev–Trinajstić information content (AvgIpc) is 2.98. The van der Waals surface area contributed by atoms with E-state index in [9.17, 15) is 4.79 Å². The first-order valence-electron chi connectivity index (χ1n) is 11.6. The summed E-state index contributed by atoms with van der Waals surface area (Å²) in [7, 11) is 0. The van der Waals surface area contributed by atoms with Gasteiger partial charge in [0.25, 0.3) is 0 Å². The van der Waals surface area contributed by atoms with Gasteiger partial charge in [-0.1, -0.05) is 19.9 Å². The minimum atomic E-state index is -1.02. The smallest absolute Gasteiger partial charge is 0.344 e. The molecule has 8 heteroatoms. The van der Waals surface area contributed by atoms with Gasteiger partial charge < -0.3 is 24.1 Å². The normalized spacial score (nSPS) is 43.6. The molecule has 1 unspecified atom stereocenters. The van der Waals surface area contributed by atoms with E-state index < -0.39 is 36.0 Å². The van der Waals surface area contributed by atoms with Gasteiger partial charge in [-0.3, -0.25) is 0 Å². The summed E-state index contributed by atoms with van der Waals surface area (Å²) in [5, 5.41) is 9.10. The van der Waals surface area contributed by atoms with E-state index >= 15 is 0 Å². The average molecular weight is 449 g/mol. The van der Waals surface area contributed by atoms with Crippen LogP contribution in [-0.4, -0.2) is 41.1 Å². The molecular formula is C24H32O8. The third kappa shape index (κ3) is 3.48. The van der Waals surface area contributed by atoms with Crippen molar-refractivity contribution >= 4 is 5.97 Å². The highest BCUT2D eigenvalue weighted by Crippen LogP contribution is 2.60. The number of ether oxygens (including phenoxy) is 4. The van der Waals surface area contributed by atoms with Crippen LogP contribution in [0.15, 0.2) is 24.3 Å². The summed E-state index contributed by atoms with van der Waals surface area (Å²) in [6, 6.07) is 6.98. The molecular weight excluding hydrogens is 416 g/mol. The molecule has 9 atom stereocenters. The highest BCUT2D eigenvalue weighted by atomic mass is 17.3. The maximum absolute atomic E-state index is 11.1. The largest absolute Gasteiger partial charge is 0.479 e. The highest BCUT2D eigenvalue weighted by molar-refractivity contribution is 5.72. The van der Waals surface area contributed by atoms with Crippen LogP contribution in [0.5, 0.6) is 11.5 Å². The van der Waals surface area contributed by atoms with Gasteiger partial charge in [-0.25, -0.2) is 14.6 Å². The van der Waals surface area contributed by atoms with E-state index in [-0.39, 0.29) is 11.8 Å². The summed E-state index contributed by atoms with van der Waals surface area (Å²) in [5.41, 5.74) is -0.630. The molecule has 6 rings (SSSR count). The quantitative estimate of drug-likeness (QED) is 0.673. The molecule has 0 aromatic heterocycles. The monoisotopic (exact) mass is 448 g/mol. The van der Waals surface area contributed by atoms with Crippen LogP contribution in [-0.2, 0) is 24.0 Å². The van der Waals surface area contributed by atoms with Crippen LogP contribution in [0.4, 0.5) is 0 Å². The van der Waals surface area contributed by atoms with Gasteiger partial charge in [-0.2, -0.15) is 0 Å². The van der Waals surface area contributed by atoms with Gasteiger partial charge >= 0.3 is 5.97 Å². The Morgan fingerprint density at radius 2 is 1.94 bits per heavy atom. The number of hydrogen-bond acceptors (Lipinski definition) is 7. The van der Waals surface area contributed by atoms with Crippen molar-refractivity contribution < 1.29 is 38.6 Å². The molecule has 5 aliphatic rings. The van der Waals surface area contributed by atoms with Gasteiger partial charge in [-0.15, -0.1) is 0 Å². The number of carboxylic acid groups (broad SMARTS) is 1. The van der Waals surface area contributed by atoms with Gasteiger partial charge in [0, 0.05) is 24.3 Å². The zero-order valence-electron chi connectivity index (χ0n) is 19.0. The van der Waals surface area contributed by atoms with Crippen LogP contribution >= 0.6 is 0 Å². The lowest BCUT2D eigenvalue weighted by atomic mass is 9.58. The first-order chi connectivity index (χ1) is 15.2. The molecule has 1 aromatic carbocycles. The third-order valence-corrected chi connectivity index (χ3v) is 7.82. The maximum atomic E-state index is 11.1. The number of rotatable bonds is 5. The van der Waals surface area contributed by atoms with Crippen molar-refractivity contribution in [1.29, 1.82) is 0 Å². The van der Waals surface area contributed by atoms with Gasteiger partial charge in [0.05, 0.1) is 0 Å². The number of fused-ring (bicyclic) bond motifs is 2. The molecule has 8 nitrogen and oxygen atoms in total. The summed E-state index contributed by atoms with van der Waals surface area (Å²) in [6.45, 7) is 7.80. The first-order valence-corrected chi connectivity index (χ1v) is 11.6. The summed E-state index contributed by atoms with van der Waals surface area (Å²) >= 11 is 0. The fourth-order valence-electron chi connectivity index (χ4n) is 6.02. The molecule has 2 bridgehead atoms. The molecule has 1 spiro atoms. The van der Waals surface area contributed by atoms with Gasteiger partial charge in [-0.05, 0) is 57.1 Å². The number of aliphatic carboxylic acids is 1. The Morgan fingerprint density at radius 3 is 2.72 bits per heavy atom. The SMILES string of the molecule is CC(Oc1cccc(O[C@@H]2O[C@@H]3O[C@@]4(C)CC[C@H]5[C@H](C)CC[C@@H]([C@H]2C)[C@@]35OO4)c1)C(=O)O. The van der Waals surface area contributed by atoms with Gasteiger partial charge in [0.15, 0.2) is 18.0 Å². The number of hydrogen-bond donors (Lipinski definition) is 1.